The first-order valence-electron chi connectivity index (χ1n) is 39.4. The maximum absolute atomic E-state index is 6.40. The van der Waals surface area contributed by atoms with Crippen molar-refractivity contribution in [1.82, 2.24) is 0 Å². The summed E-state index contributed by atoms with van der Waals surface area (Å²) >= 11 is 5.67. The SMILES string of the molecule is c1ccc(-c2ccc(-c3ccc(N(c4ccc(-c5cccc6c5sc5ccccc56)cc4)c4ccc(-c5cccc6c5sc5c7ccccc7ccc65)cc4)cc3)cc2)cc1.c1ccc(-c2ccc(N(c3ccc(-c4ccc5sc6c7ccccc7ccc6c5c4)cc3)c3ccc(-c4cccc5c4oc4ccccc45)cc3)cc2)cc1. The Bertz CT molecular complexity index is 7640. The normalized spacial score (nSPS) is 11.6. The molecule has 0 atom stereocenters. The predicted molar refractivity (Wildman–Crippen MR) is 501 cm³/mol. The van der Waals surface area contributed by atoms with Crippen LogP contribution in [0.5, 0.6) is 0 Å². The molecule has 0 aliphatic rings. The summed E-state index contributed by atoms with van der Waals surface area (Å²) in [6.07, 6.45) is 0. The monoisotopic (exact) mass is 1530 g/mol. The molecule has 0 fully saturated rings. The zero-order chi connectivity index (χ0) is 76.6. The van der Waals surface area contributed by atoms with Crippen LogP contribution in [0.1, 0.15) is 0 Å². The Morgan fingerprint density at radius 2 is 0.491 bits per heavy atom. The van der Waals surface area contributed by atoms with Crippen LogP contribution in [0, 0.1) is 0 Å². The van der Waals surface area contributed by atoms with Crippen LogP contribution >= 0.6 is 34.0 Å². The Balaban J connectivity index is 0.000000141. The Hall–Kier alpha value is -14.2. The van der Waals surface area contributed by atoms with Gasteiger partial charge in [-0.3, -0.25) is 0 Å². The van der Waals surface area contributed by atoms with Gasteiger partial charge in [0.1, 0.15) is 11.2 Å². The van der Waals surface area contributed by atoms with Crippen molar-refractivity contribution in [3.63, 3.8) is 0 Å². The Morgan fingerprint density at radius 1 is 0.172 bits per heavy atom. The number of fused-ring (bicyclic) bond motifs is 16. The highest BCUT2D eigenvalue weighted by atomic mass is 32.1. The Kier molecular flexibility index (Phi) is 17.2. The first-order valence-corrected chi connectivity index (χ1v) is 41.8. The molecule has 0 saturated carbocycles. The minimum atomic E-state index is 0.910. The van der Waals surface area contributed by atoms with E-state index in [9.17, 15) is 0 Å². The molecule has 19 aromatic carbocycles. The number of rotatable bonds is 13. The number of anilines is 6. The van der Waals surface area contributed by atoms with Gasteiger partial charge in [-0.2, -0.15) is 0 Å². The molecule has 0 amide bonds. The maximum Gasteiger partial charge on any atom is 0.143 e. The van der Waals surface area contributed by atoms with Gasteiger partial charge in [0.2, 0.25) is 0 Å². The lowest BCUT2D eigenvalue weighted by atomic mass is 9.99. The van der Waals surface area contributed by atoms with E-state index < -0.39 is 0 Å². The van der Waals surface area contributed by atoms with E-state index in [-0.39, 0.29) is 0 Å². The van der Waals surface area contributed by atoms with E-state index in [1.807, 2.05) is 46.1 Å². The molecule has 116 heavy (non-hydrogen) atoms. The zero-order valence-electron chi connectivity index (χ0n) is 62.9. The fourth-order valence-corrected chi connectivity index (χ4v) is 21.0. The molecule has 0 unspecified atom stereocenters. The van der Waals surface area contributed by atoms with Crippen LogP contribution in [-0.2, 0) is 0 Å². The molecule has 4 heterocycles. The number of hydrogen-bond acceptors (Lipinski definition) is 6. The van der Waals surface area contributed by atoms with Crippen LogP contribution in [-0.4, -0.2) is 0 Å². The summed E-state index contributed by atoms with van der Waals surface area (Å²) in [5.74, 6) is 0. The second-order valence-corrected chi connectivity index (χ2v) is 32.9. The highest BCUT2D eigenvalue weighted by Gasteiger charge is 2.21. The summed E-state index contributed by atoms with van der Waals surface area (Å²) in [5.41, 5.74) is 25.3. The van der Waals surface area contributed by atoms with Crippen LogP contribution in [0.25, 0.3) is 182 Å². The summed E-state index contributed by atoms with van der Waals surface area (Å²) in [6.45, 7) is 0. The largest absolute Gasteiger partial charge is 0.455 e. The highest BCUT2D eigenvalue weighted by Crippen LogP contribution is 2.48. The second-order valence-electron chi connectivity index (χ2n) is 29.7. The van der Waals surface area contributed by atoms with E-state index in [1.165, 1.54) is 149 Å². The molecule has 3 nitrogen and oxygen atoms in total. The molecule has 0 aliphatic carbocycles. The molecule has 0 saturated heterocycles. The van der Waals surface area contributed by atoms with Gasteiger partial charge in [0.25, 0.3) is 0 Å². The van der Waals surface area contributed by atoms with Gasteiger partial charge in [0.15, 0.2) is 0 Å². The predicted octanol–water partition coefficient (Wildman–Crippen LogP) is 33.3. The molecule has 4 aromatic heterocycles. The summed E-state index contributed by atoms with van der Waals surface area (Å²) in [6, 6.07) is 154. The van der Waals surface area contributed by atoms with Crippen LogP contribution in [0.15, 0.2) is 429 Å². The second kappa shape index (κ2) is 29.1. The number of para-hydroxylation sites is 2. The molecule has 544 valence electrons. The van der Waals surface area contributed by atoms with Crippen molar-refractivity contribution >= 4 is 172 Å². The van der Waals surface area contributed by atoms with Gasteiger partial charge in [0.05, 0.1) is 0 Å². The zero-order valence-corrected chi connectivity index (χ0v) is 65.4. The summed E-state index contributed by atoms with van der Waals surface area (Å²) in [5, 5.41) is 15.4. The van der Waals surface area contributed by atoms with E-state index in [4.69, 9.17) is 4.42 Å². The van der Waals surface area contributed by atoms with Crippen LogP contribution < -0.4 is 9.80 Å². The molecular formula is C110H70N2OS3. The molecule has 6 heteroatoms. The first kappa shape index (κ1) is 68.6. The van der Waals surface area contributed by atoms with Gasteiger partial charge < -0.3 is 14.2 Å². The maximum atomic E-state index is 6.40. The third-order valence-electron chi connectivity index (χ3n) is 23.0. The smallest absolute Gasteiger partial charge is 0.143 e. The van der Waals surface area contributed by atoms with Crippen LogP contribution in [0.3, 0.4) is 0 Å². The van der Waals surface area contributed by atoms with E-state index >= 15 is 0 Å². The van der Waals surface area contributed by atoms with Gasteiger partial charge in [-0.1, -0.05) is 328 Å². The molecular weight excluding hydrogens is 1460 g/mol. The quantitative estimate of drug-likeness (QED) is 0.115. The van der Waals surface area contributed by atoms with E-state index in [2.05, 4.69) is 422 Å². The Morgan fingerprint density at radius 3 is 1.00 bits per heavy atom. The average Bonchev–Trinajstić information content (AvgIpc) is 1.58. The summed E-state index contributed by atoms with van der Waals surface area (Å²) < 4.78 is 14.4. The number of thiophene rings is 3. The lowest BCUT2D eigenvalue weighted by molar-refractivity contribution is 0.670. The highest BCUT2D eigenvalue weighted by molar-refractivity contribution is 7.27. The van der Waals surface area contributed by atoms with Crippen molar-refractivity contribution in [2.24, 2.45) is 0 Å². The third-order valence-corrected chi connectivity index (χ3v) is 26.7. The molecule has 23 rings (SSSR count). The summed E-state index contributed by atoms with van der Waals surface area (Å²) in [7, 11) is 0. The van der Waals surface area contributed by atoms with Gasteiger partial charge in [0, 0.05) is 111 Å². The van der Waals surface area contributed by atoms with Crippen molar-refractivity contribution in [1.29, 1.82) is 0 Å². The molecule has 0 spiro atoms. The van der Waals surface area contributed by atoms with Crippen LogP contribution in [0.4, 0.5) is 34.1 Å². The number of furan rings is 1. The molecule has 0 radical (unpaired) electrons. The van der Waals surface area contributed by atoms with Crippen molar-refractivity contribution in [2.45, 2.75) is 0 Å². The fourth-order valence-electron chi connectivity index (χ4n) is 17.2. The Labute approximate surface area is 683 Å². The standard InChI is InChI=1S/C58H37NS2.C52H33NOS/c1-2-10-38(11-3-1)39-20-22-40(23-21-39)41-24-31-45(32-25-41)59(46-33-26-43(27-34-46)49-15-8-17-52-51-14-6-7-19-55(51)60-56(49)52)47-35-28-44(29-36-47)50-16-9-18-53-54-37-30-42-12-4-5-13-48(42)58(54)61-57(50)53;1-2-9-34(10-3-1)35-17-25-40(26-18-35)53(42-29-21-38(22-30-42)43-14-8-15-46-45-13-6-7-16-49(45)54-51(43)46)41-27-19-36(20-28-41)39-24-32-50-48(33-39)47-31-23-37-11-4-5-12-44(37)52(47)55-50/h1-37H;1-33H. The molecule has 0 N–H and O–H groups in total. The van der Waals surface area contributed by atoms with Crippen LogP contribution in [0.2, 0.25) is 0 Å². The minimum Gasteiger partial charge on any atom is -0.455 e. The van der Waals surface area contributed by atoms with Gasteiger partial charge in [-0.05, 0) is 191 Å². The minimum absolute atomic E-state index is 0.910. The van der Waals surface area contributed by atoms with E-state index in [0.29, 0.717) is 0 Å². The molecule has 23 aromatic rings. The molecule has 0 aliphatic heterocycles. The number of nitrogens with zero attached hydrogens (tertiary/aromatic N) is 2. The van der Waals surface area contributed by atoms with Crippen molar-refractivity contribution in [3.8, 4) is 77.9 Å². The lowest BCUT2D eigenvalue weighted by Gasteiger charge is -2.26. The van der Waals surface area contributed by atoms with E-state index in [1.54, 1.807) is 0 Å². The van der Waals surface area contributed by atoms with Gasteiger partial charge >= 0.3 is 0 Å². The first-order chi connectivity index (χ1) is 57.5. The van der Waals surface area contributed by atoms with E-state index in [0.717, 1.165) is 67.2 Å². The van der Waals surface area contributed by atoms with Gasteiger partial charge in [-0.15, -0.1) is 34.0 Å². The van der Waals surface area contributed by atoms with Crippen molar-refractivity contribution in [2.75, 3.05) is 9.80 Å². The fraction of sp³-hybridized carbons (Fsp3) is 0. The average molecular weight is 1530 g/mol. The lowest BCUT2D eigenvalue weighted by Crippen LogP contribution is -2.09. The van der Waals surface area contributed by atoms with Crippen molar-refractivity contribution in [3.05, 3.63) is 425 Å². The van der Waals surface area contributed by atoms with Crippen molar-refractivity contribution < 1.29 is 4.42 Å². The topological polar surface area (TPSA) is 19.6 Å². The number of hydrogen-bond donors (Lipinski definition) is 0. The third kappa shape index (κ3) is 12.3. The van der Waals surface area contributed by atoms with Gasteiger partial charge in [-0.25, -0.2) is 0 Å². The summed E-state index contributed by atoms with van der Waals surface area (Å²) in [4.78, 5) is 4.72. The molecule has 0 bridgehead atoms. The number of benzene rings is 19.